The number of carbonyl (C=O) groups excluding carboxylic acids is 1. The summed E-state index contributed by atoms with van der Waals surface area (Å²) in [7, 11) is 5.26. The summed E-state index contributed by atoms with van der Waals surface area (Å²) in [6.45, 7) is 3.71. The quantitative estimate of drug-likeness (QED) is 0.807. The maximum atomic E-state index is 11.7. The smallest absolute Gasteiger partial charge is 0.244 e. The van der Waals surface area contributed by atoms with Crippen LogP contribution in [0.5, 0.6) is 0 Å². The predicted molar refractivity (Wildman–Crippen MR) is 68.1 cm³/mol. The van der Waals surface area contributed by atoms with E-state index in [0.717, 1.165) is 11.4 Å². The molecule has 0 fully saturated rings. The molecule has 0 aliphatic rings. The van der Waals surface area contributed by atoms with Crippen molar-refractivity contribution in [1.82, 2.24) is 14.9 Å². The van der Waals surface area contributed by atoms with E-state index in [2.05, 4.69) is 20.6 Å². The molecule has 94 valence electrons. The Balaban J connectivity index is 2.85. The highest BCUT2D eigenvalue weighted by Crippen LogP contribution is 2.18. The lowest BCUT2D eigenvalue weighted by atomic mass is 10.2. The molecule has 0 spiro atoms. The lowest BCUT2D eigenvalue weighted by Crippen LogP contribution is -2.37. The van der Waals surface area contributed by atoms with Crippen LogP contribution in [0.25, 0.3) is 0 Å². The number of hydrogen-bond acceptors (Lipinski definition) is 5. The number of amides is 1. The third-order valence-corrected chi connectivity index (χ3v) is 2.49. The SMILES string of the molecule is CNc1ncnc(NC(C)C(=O)N(C)C)c1C. The zero-order valence-corrected chi connectivity index (χ0v) is 10.9. The lowest BCUT2D eigenvalue weighted by molar-refractivity contribution is -0.129. The van der Waals surface area contributed by atoms with Crippen molar-refractivity contribution in [3.8, 4) is 0 Å². The summed E-state index contributed by atoms with van der Waals surface area (Å²) in [5.74, 6) is 1.44. The molecule has 0 aromatic carbocycles. The second kappa shape index (κ2) is 5.47. The Labute approximate surface area is 101 Å². The lowest BCUT2D eigenvalue weighted by Gasteiger charge is -2.19. The van der Waals surface area contributed by atoms with Gasteiger partial charge in [0.25, 0.3) is 0 Å². The number of anilines is 2. The normalized spacial score (nSPS) is 11.8. The van der Waals surface area contributed by atoms with Gasteiger partial charge >= 0.3 is 0 Å². The highest BCUT2D eigenvalue weighted by atomic mass is 16.2. The average Bonchev–Trinajstić information content (AvgIpc) is 2.30. The molecule has 1 aromatic heterocycles. The van der Waals surface area contributed by atoms with Crippen molar-refractivity contribution in [2.75, 3.05) is 31.8 Å². The van der Waals surface area contributed by atoms with E-state index in [1.54, 1.807) is 26.0 Å². The van der Waals surface area contributed by atoms with Gasteiger partial charge in [-0.25, -0.2) is 9.97 Å². The van der Waals surface area contributed by atoms with E-state index < -0.39 is 0 Å². The van der Waals surface area contributed by atoms with Crippen LogP contribution < -0.4 is 10.6 Å². The fraction of sp³-hybridized carbons (Fsp3) is 0.545. The van der Waals surface area contributed by atoms with Crippen LogP contribution >= 0.6 is 0 Å². The number of nitrogens with zero attached hydrogens (tertiary/aromatic N) is 3. The molecule has 6 heteroatoms. The Morgan fingerprint density at radius 3 is 2.47 bits per heavy atom. The predicted octanol–water partition coefficient (Wildman–Crippen LogP) is 0.715. The van der Waals surface area contributed by atoms with E-state index >= 15 is 0 Å². The van der Waals surface area contributed by atoms with Crippen LogP contribution in [0.1, 0.15) is 12.5 Å². The van der Waals surface area contributed by atoms with Crippen molar-refractivity contribution in [2.45, 2.75) is 19.9 Å². The second-order valence-corrected chi connectivity index (χ2v) is 4.04. The van der Waals surface area contributed by atoms with Gasteiger partial charge in [-0.15, -0.1) is 0 Å². The van der Waals surface area contributed by atoms with E-state index in [1.165, 1.54) is 6.33 Å². The van der Waals surface area contributed by atoms with Gasteiger partial charge in [0.15, 0.2) is 0 Å². The minimum atomic E-state index is -0.316. The van der Waals surface area contributed by atoms with E-state index in [0.29, 0.717) is 5.82 Å². The first-order chi connectivity index (χ1) is 7.97. The topological polar surface area (TPSA) is 70.1 Å². The Bertz CT molecular complexity index is 405. The van der Waals surface area contributed by atoms with Gasteiger partial charge in [0.2, 0.25) is 5.91 Å². The molecule has 0 bridgehead atoms. The third-order valence-electron chi connectivity index (χ3n) is 2.49. The van der Waals surface area contributed by atoms with Crippen LogP contribution in [0.15, 0.2) is 6.33 Å². The zero-order chi connectivity index (χ0) is 13.0. The standard InChI is InChI=1S/C11H19N5O/c1-7-9(12-3)13-6-14-10(7)15-8(2)11(17)16(4)5/h6,8H,1-5H3,(H2,12,13,14,15). The average molecular weight is 237 g/mol. The Hall–Kier alpha value is -1.85. The summed E-state index contributed by atoms with van der Waals surface area (Å²) in [6.07, 6.45) is 1.47. The van der Waals surface area contributed by atoms with Gasteiger partial charge in [0.05, 0.1) is 0 Å². The molecule has 1 aromatic rings. The zero-order valence-electron chi connectivity index (χ0n) is 10.9. The molecule has 0 saturated heterocycles. The molecule has 17 heavy (non-hydrogen) atoms. The molecule has 1 heterocycles. The second-order valence-electron chi connectivity index (χ2n) is 4.04. The summed E-state index contributed by atoms with van der Waals surface area (Å²) in [4.78, 5) is 21.5. The molecule has 0 saturated carbocycles. The van der Waals surface area contributed by atoms with Gasteiger partial charge in [-0.3, -0.25) is 4.79 Å². The van der Waals surface area contributed by atoms with E-state index in [9.17, 15) is 4.79 Å². The van der Waals surface area contributed by atoms with Crippen LogP contribution in [0.2, 0.25) is 0 Å². The Kier molecular flexibility index (Phi) is 4.25. The van der Waals surface area contributed by atoms with Crippen molar-refractivity contribution in [1.29, 1.82) is 0 Å². The van der Waals surface area contributed by atoms with Gasteiger partial charge in [-0.05, 0) is 13.8 Å². The molecule has 6 nitrogen and oxygen atoms in total. The molecular weight excluding hydrogens is 218 g/mol. The van der Waals surface area contributed by atoms with Crippen molar-refractivity contribution in [2.24, 2.45) is 0 Å². The maximum Gasteiger partial charge on any atom is 0.244 e. The largest absolute Gasteiger partial charge is 0.373 e. The number of likely N-dealkylation sites (N-methyl/N-ethyl adjacent to an activating group) is 1. The summed E-state index contributed by atoms with van der Waals surface area (Å²) in [5, 5.41) is 6.06. The van der Waals surface area contributed by atoms with Gasteiger partial charge in [-0.2, -0.15) is 0 Å². The first kappa shape index (κ1) is 13.2. The third kappa shape index (κ3) is 3.05. The highest BCUT2D eigenvalue weighted by molar-refractivity contribution is 5.83. The van der Waals surface area contributed by atoms with Gasteiger partial charge < -0.3 is 15.5 Å². The molecular formula is C11H19N5O. The first-order valence-electron chi connectivity index (χ1n) is 5.44. The van der Waals surface area contributed by atoms with Crippen LogP contribution in [0.4, 0.5) is 11.6 Å². The van der Waals surface area contributed by atoms with Crippen molar-refractivity contribution in [3.63, 3.8) is 0 Å². The molecule has 1 rings (SSSR count). The van der Waals surface area contributed by atoms with Gasteiger partial charge in [0, 0.05) is 26.7 Å². The van der Waals surface area contributed by atoms with Gasteiger partial charge in [-0.1, -0.05) is 0 Å². The number of aromatic nitrogens is 2. The Morgan fingerprint density at radius 1 is 1.35 bits per heavy atom. The van der Waals surface area contributed by atoms with Crippen LogP contribution in [-0.2, 0) is 4.79 Å². The van der Waals surface area contributed by atoms with E-state index in [-0.39, 0.29) is 11.9 Å². The van der Waals surface area contributed by atoms with Crippen molar-refractivity contribution < 1.29 is 4.79 Å². The summed E-state index contributed by atoms with van der Waals surface area (Å²) in [5.41, 5.74) is 0.897. The van der Waals surface area contributed by atoms with Crippen molar-refractivity contribution in [3.05, 3.63) is 11.9 Å². The molecule has 1 atom stereocenters. The number of carbonyl (C=O) groups is 1. The molecule has 1 amide bonds. The Morgan fingerprint density at radius 2 is 1.94 bits per heavy atom. The van der Waals surface area contributed by atoms with Crippen molar-refractivity contribution >= 4 is 17.5 Å². The van der Waals surface area contributed by atoms with Crippen LogP contribution in [-0.4, -0.2) is 48.0 Å². The van der Waals surface area contributed by atoms with Crippen LogP contribution in [0, 0.1) is 6.92 Å². The highest BCUT2D eigenvalue weighted by Gasteiger charge is 2.16. The molecule has 0 radical (unpaired) electrons. The summed E-state index contributed by atoms with van der Waals surface area (Å²) >= 11 is 0. The molecule has 0 aliphatic carbocycles. The number of nitrogens with one attached hydrogen (secondary N) is 2. The number of hydrogen-bond donors (Lipinski definition) is 2. The minimum Gasteiger partial charge on any atom is -0.373 e. The van der Waals surface area contributed by atoms with E-state index in [1.807, 2.05) is 13.8 Å². The minimum absolute atomic E-state index is 0.00835. The van der Waals surface area contributed by atoms with Gasteiger partial charge in [0.1, 0.15) is 24.0 Å². The van der Waals surface area contributed by atoms with Crippen LogP contribution in [0.3, 0.4) is 0 Å². The maximum absolute atomic E-state index is 11.7. The van der Waals surface area contributed by atoms with E-state index in [4.69, 9.17) is 0 Å². The monoisotopic (exact) mass is 237 g/mol. The molecule has 1 unspecified atom stereocenters. The molecule has 2 N–H and O–H groups in total. The summed E-state index contributed by atoms with van der Waals surface area (Å²) in [6, 6.07) is -0.316. The number of rotatable bonds is 4. The molecule has 0 aliphatic heterocycles. The first-order valence-corrected chi connectivity index (χ1v) is 5.44. The summed E-state index contributed by atoms with van der Waals surface area (Å²) < 4.78 is 0. The fourth-order valence-corrected chi connectivity index (χ4v) is 1.50. The fourth-order valence-electron chi connectivity index (χ4n) is 1.50.